The van der Waals surface area contributed by atoms with Crippen molar-refractivity contribution >= 4 is 11.9 Å². The van der Waals surface area contributed by atoms with Crippen LogP contribution in [0.4, 0.5) is 0 Å². The van der Waals surface area contributed by atoms with Crippen molar-refractivity contribution in [2.45, 2.75) is 20.0 Å². The highest BCUT2D eigenvalue weighted by Crippen LogP contribution is 2.17. The minimum Gasteiger partial charge on any atom is -0.465 e. The molecule has 1 amide bonds. The van der Waals surface area contributed by atoms with Crippen LogP contribution >= 0.6 is 0 Å². The van der Waals surface area contributed by atoms with Crippen LogP contribution in [-0.4, -0.2) is 40.7 Å². The van der Waals surface area contributed by atoms with Gasteiger partial charge in [0.15, 0.2) is 0 Å². The zero-order valence-corrected chi connectivity index (χ0v) is 16.4. The van der Waals surface area contributed by atoms with Crippen LogP contribution < -0.4 is 5.56 Å². The van der Waals surface area contributed by atoms with E-state index in [0.29, 0.717) is 22.8 Å². The lowest BCUT2D eigenvalue weighted by molar-refractivity contribution is -0.131. The van der Waals surface area contributed by atoms with Crippen molar-refractivity contribution in [1.29, 1.82) is 0 Å². The monoisotopic (exact) mass is 395 g/mol. The number of amides is 1. The van der Waals surface area contributed by atoms with Crippen molar-refractivity contribution in [1.82, 2.24) is 14.7 Å². The molecule has 0 saturated heterocycles. The van der Waals surface area contributed by atoms with Crippen LogP contribution in [0.5, 0.6) is 0 Å². The number of likely N-dealkylation sites (N-methyl/N-ethyl adjacent to an activating group) is 1. The maximum Gasteiger partial charge on any atom is 0.341 e. The number of furan rings is 1. The summed E-state index contributed by atoms with van der Waals surface area (Å²) >= 11 is 0. The molecule has 2 heterocycles. The molecule has 1 aromatic carbocycles. The molecule has 150 valence electrons. The summed E-state index contributed by atoms with van der Waals surface area (Å²) in [5.74, 6) is 0.0386. The predicted molar refractivity (Wildman–Crippen MR) is 105 cm³/mol. The first-order chi connectivity index (χ1) is 13.9. The fourth-order valence-electron chi connectivity index (χ4n) is 2.83. The molecule has 3 rings (SSSR count). The Morgan fingerprint density at radius 1 is 1.17 bits per heavy atom. The quantitative estimate of drug-likeness (QED) is 0.594. The fraction of sp³-hybridized carbons (Fsp3) is 0.238. The van der Waals surface area contributed by atoms with Gasteiger partial charge in [-0.15, -0.1) is 0 Å². The molecule has 2 aromatic heterocycles. The number of esters is 1. The third-order valence-corrected chi connectivity index (χ3v) is 4.41. The Bertz CT molecular complexity index is 1090. The number of hydrogen-bond donors (Lipinski definition) is 0. The van der Waals surface area contributed by atoms with Crippen molar-refractivity contribution in [3.63, 3.8) is 0 Å². The van der Waals surface area contributed by atoms with Crippen molar-refractivity contribution in [2.75, 3.05) is 14.2 Å². The van der Waals surface area contributed by atoms with Gasteiger partial charge in [0, 0.05) is 18.7 Å². The summed E-state index contributed by atoms with van der Waals surface area (Å²) in [6, 6.07) is 14.0. The number of carbonyl (C=O) groups is 2. The summed E-state index contributed by atoms with van der Waals surface area (Å²) in [6.45, 7) is 1.58. The lowest BCUT2D eigenvalue weighted by Crippen LogP contribution is -2.34. The zero-order chi connectivity index (χ0) is 21.0. The van der Waals surface area contributed by atoms with E-state index < -0.39 is 5.97 Å². The first-order valence-electron chi connectivity index (χ1n) is 8.94. The van der Waals surface area contributed by atoms with Gasteiger partial charge >= 0.3 is 5.97 Å². The molecule has 0 unspecified atom stereocenters. The Morgan fingerprint density at radius 3 is 2.59 bits per heavy atom. The standard InChI is InChI=1S/C21H21N3O5/c1-14-17(21(27)28-3)11-16(29-14)12-23(2)20(26)13-24-19(25)10-9-18(22-24)15-7-5-4-6-8-15/h4-11H,12-13H2,1-3H3. The number of ether oxygens (including phenoxy) is 1. The van der Waals surface area contributed by atoms with Gasteiger partial charge < -0.3 is 14.1 Å². The van der Waals surface area contributed by atoms with Crippen molar-refractivity contribution in [3.05, 3.63) is 76.0 Å². The Kier molecular flexibility index (Phi) is 5.92. The smallest absolute Gasteiger partial charge is 0.341 e. The van der Waals surface area contributed by atoms with Crippen molar-refractivity contribution in [3.8, 4) is 11.3 Å². The number of hydrogen-bond acceptors (Lipinski definition) is 6. The highest BCUT2D eigenvalue weighted by molar-refractivity contribution is 5.90. The van der Waals surface area contributed by atoms with E-state index in [1.54, 1.807) is 26.1 Å². The van der Waals surface area contributed by atoms with Gasteiger partial charge in [-0.3, -0.25) is 9.59 Å². The van der Waals surface area contributed by atoms with Gasteiger partial charge in [0.25, 0.3) is 5.56 Å². The maximum absolute atomic E-state index is 12.6. The minimum absolute atomic E-state index is 0.143. The van der Waals surface area contributed by atoms with Gasteiger partial charge in [-0.2, -0.15) is 5.10 Å². The second kappa shape index (κ2) is 8.55. The number of aryl methyl sites for hydroxylation is 1. The Labute approximate surface area is 167 Å². The molecule has 0 aliphatic carbocycles. The lowest BCUT2D eigenvalue weighted by Gasteiger charge is -2.16. The second-order valence-electron chi connectivity index (χ2n) is 6.50. The van der Waals surface area contributed by atoms with E-state index in [1.165, 1.54) is 18.1 Å². The molecule has 0 aliphatic heterocycles. The fourth-order valence-corrected chi connectivity index (χ4v) is 2.83. The van der Waals surface area contributed by atoms with Crippen molar-refractivity contribution in [2.24, 2.45) is 0 Å². The van der Waals surface area contributed by atoms with E-state index in [1.807, 2.05) is 30.3 Å². The van der Waals surface area contributed by atoms with Gasteiger partial charge in [-0.1, -0.05) is 30.3 Å². The number of methoxy groups -OCH3 is 1. The first kappa shape index (κ1) is 20.1. The van der Waals surface area contributed by atoms with E-state index in [9.17, 15) is 14.4 Å². The van der Waals surface area contributed by atoms with Gasteiger partial charge in [0.2, 0.25) is 5.91 Å². The van der Waals surface area contributed by atoms with E-state index in [0.717, 1.165) is 10.2 Å². The maximum atomic E-state index is 12.6. The van der Waals surface area contributed by atoms with Crippen LogP contribution in [0.1, 0.15) is 21.9 Å². The molecule has 0 bridgehead atoms. The lowest BCUT2D eigenvalue weighted by atomic mass is 10.1. The van der Waals surface area contributed by atoms with Crippen LogP contribution in [0.25, 0.3) is 11.3 Å². The van der Waals surface area contributed by atoms with Crippen molar-refractivity contribution < 1.29 is 18.7 Å². The van der Waals surface area contributed by atoms with E-state index in [-0.39, 0.29) is 24.6 Å². The highest BCUT2D eigenvalue weighted by Gasteiger charge is 2.18. The number of carbonyl (C=O) groups excluding carboxylic acids is 2. The first-order valence-corrected chi connectivity index (χ1v) is 8.94. The number of rotatable bonds is 6. The van der Waals surface area contributed by atoms with Gasteiger partial charge in [-0.25, -0.2) is 9.48 Å². The molecule has 8 nitrogen and oxygen atoms in total. The molecular weight excluding hydrogens is 374 g/mol. The largest absolute Gasteiger partial charge is 0.465 e. The van der Waals surface area contributed by atoms with Crippen LogP contribution in [0.2, 0.25) is 0 Å². The molecule has 0 atom stereocenters. The molecule has 0 fully saturated rings. The molecular formula is C21H21N3O5. The average molecular weight is 395 g/mol. The molecule has 0 N–H and O–H groups in total. The molecule has 3 aromatic rings. The normalized spacial score (nSPS) is 10.6. The van der Waals surface area contributed by atoms with Gasteiger partial charge in [0.05, 0.1) is 19.3 Å². The van der Waals surface area contributed by atoms with Crippen LogP contribution in [0, 0.1) is 6.92 Å². The Balaban J connectivity index is 1.73. The summed E-state index contributed by atoms with van der Waals surface area (Å²) < 4.78 is 11.4. The summed E-state index contributed by atoms with van der Waals surface area (Å²) in [4.78, 5) is 37.8. The van der Waals surface area contributed by atoms with Crippen LogP contribution in [0.3, 0.4) is 0 Å². The Morgan fingerprint density at radius 2 is 1.90 bits per heavy atom. The average Bonchev–Trinajstić information content (AvgIpc) is 3.09. The van der Waals surface area contributed by atoms with Gasteiger partial charge in [0.1, 0.15) is 23.6 Å². The molecule has 8 heteroatoms. The molecule has 29 heavy (non-hydrogen) atoms. The zero-order valence-electron chi connectivity index (χ0n) is 16.4. The molecule has 0 radical (unpaired) electrons. The third-order valence-electron chi connectivity index (χ3n) is 4.41. The minimum atomic E-state index is -0.500. The summed E-state index contributed by atoms with van der Waals surface area (Å²) in [6.07, 6.45) is 0. The van der Waals surface area contributed by atoms with E-state index >= 15 is 0 Å². The van der Waals surface area contributed by atoms with Crippen LogP contribution in [-0.2, 0) is 22.6 Å². The van der Waals surface area contributed by atoms with Crippen LogP contribution in [0.15, 0.2) is 57.7 Å². The third kappa shape index (κ3) is 4.60. The second-order valence-corrected chi connectivity index (χ2v) is 6.50. The highest BCUT2D eigenvalue weighted by atomic mass is 16.5. The molecule has 0 aliphatic rings. The predicted octanol–water partition coefficient (Wildman–Crippen LogP) is 2.26. The van der Waals surface area contributed by atoms with Gasteiger partial charge in [-0.05, 0) is 19.1 Å². The number of nitrogens with zero attached hydrogens (tertiary/aromatic N) is 3. The Hall–Kier alpha value is -3.68. The summed E-state index contributed by atoms with van der Waals surface area (Å²) in [7, 11) is 2.88. The summed E-state index contributed by atoms with van der Waals surface area (Å²) in [5.41, 5.74) is 1.40. The summed E-state index contributed by atoms with van der Waals surface area (Å²) in [5, 5.41) is 4.30. The number of benzene rings is 1. The SMILES string of the molecule is COC(=O)c1cc(CN(C)C(=O)Cn2nc(-c3ccccc3)ccc2=O)oc1C. The molecule has 0 saturated carbocycles. The van der Waals surface area contributed by atoms with E-state index in [2.05, 4.69) is 5.10 Å². The number of aromatic nitrogens is 2. The molecule has 0 spiro atoms. The topological polar surface area (TPSA) is 94.6 Å². The van der Waals surface area contributed by atoms with E-state index in [4.69, 9.17) is 9.15 Å².